The van der Waals surface area contributed by atoms with Crippen molar-refractivity contribution in [3.63, 3.8) is 0 Å². The normalized spacial score (nSPS) is 17.1. The fourth-order valence-electron chi connectivity index (χ4n) is 3.08. The zero-order valence-electron chi connectivity index (χ0n) is 18.9. The average Bonchev–Trinajstić information content (AvgIpc) is 2.74. The first-order valence-electron chi connectivity index (χ1n) is 10.7. The van der Waals surface area contributed by atoms with Gasteiger partial charge in [0, 0.05) is 25.1 Å². The van der Waals surface area contributed by atoms with Gasteiger partial charge in [0.2, 0.25) is 0 Å². The van der Waals surface area contributed by atoms with Gasteiger partial charge in [-0.25, -0.2) is 4.21 Å². The number of alkyl halides is 5. The van der Waals surface area contributed by atoms with Crippen LogP contribution in [0.5, 0.6) is 5.75 Å². The van der Waals surface area contributed by atoms with Crippen molar-refractivity contribution < 1.29 is 35.7 Å². The predicted molar refractivity (Wildman–Crippen MR) is 117 cm³/mol. The van der Waals surface area contributed by atoms with E-state index in [-0.39, 0.29) is 37.4 Å². The van der Waals surface area contributed by atoms with Crippen molar-refractivity contribution in [2.45, 2.75) is 69.7 Å². The Kier molecular flexibility index (Phi) is 9.01. The fourth-order valence-corrected chi connectivity index (χ4v) is 3.74. The van der Waals surface area contributed by atoms with Crippen LogP contribution in [0, 0.1) is 0 Å². The van der Waals surface area contributed by atoms with Crippen molar-refractivity contribution in [1.29, 1.82) is 0 Å². The maximum atomic E-state index is 15.4. The molecule has 1 heterocycles. The van der Waals surface area contributed by atoms with Gasteiger partial charge in [0.05, 0.1) is 11.4 Å². The summed E-state index contributed by atoms with van der Waals surface area (Å²) >= 11 is 0. The standard InChI is InChI=1S/C22H29F5N2O3S/c1-20(2,3)33(31)28-18(22(26,27)19(30)29-13-5-4-6-14-29)16-8-10-17(11-9-16)32-15-7-12-21(23,24)25/h8-11H,4-7,12-15H2,1-3H3/b28-18+. The molecule has 0 aromatic heterocycles. The minimum absolute atomic E-state index is 0.120. The first-order chi connectivity index (χ1) is 15.2. The lowest BCUT2D eigenvalue weighted by molar-refractivity contribution is -0.149. The van der Waals surface area contributed by atoms with Gasteiger partial charge in [-0.05, 0) is 70.7 Å². The molecule has 0 spiro atoms. The summed E-state index contributed by atoms with van der Waals surface area (Å²) in [6.07, 6.45) is -3.41. The maximum Gasteiger partial charge on any atom is 0.389 e. The monoisotopic (exact) mass is 496 g/mol. The summed E-state index contributed by atoms with van der Waals surface area (Å²) < 4.78 is 88.0. The van der Waals surface area contributed by atoms with E-state index in [0.29, 0.717) is 12.8 Å². The fraction of sp³-hybridized carbons (Fsp3) is 0.636. The third-order valence-corrected chi connectivity index (χ3v) is 6.30. The number of rotatable bonds is 8. The van der Waals surface area contributed by atoms with Crippen LogP contribution in [0.3, 0.4) is 0 Å². The van der Waals surface area contributed by atoms with Crippen molar-refractivity contribution in [3.8, 4) is 5.75 Å². The second kappa shape index (κ2) is 10.9. The van der Waals surface area contributed by atoms with E-state index in [1.165, 1.54) is 24.3 Å². The number of benzene rings is 1. The third-order valence-electron chi connectivity index (χ3n) is 4.91. The van der Waals surface area contributed by atoms with E-state index >= 15 is 8.78 Å². The number of nitrogens with zero attached hydrogens (tertiary/aromatic N) is 2. The summed E-state index contributed by atoms with van der Waals surface area (Å²) in [6, 6.07) is 5.07. The highest BCUT2D eigenvalue weighted by molar-refractivity contribution is 7.85. The quantitative estimate of drug-likeness (QED) is 0.279. The highest BCUT2D eigenvalue weighted by atomic mass is 32.2. The molecule has 0 bridgehead atoms. The number of amides is 1. The molecule has 0 aliphatic carbocycles. The van der Waals surface area contributed by atoms with Crippen LogP contribution >= 0.6 is 0 Å². The van der Waals surface area contributed by atoms with Crippen molar-refractivity contribution in [1.82, 2.24) is 4.90 Å². The summed E-state index contributed by atoms with van der Waals surface area (Å²) in [4.78, 5) is 13.8. The van der Waals surface area contributed by atoms with Crippen LogP contribution in [0.2, 0.25) is 0 Å². The van der Waals surface area contributed by atoms with Crippen molar-refractivity contribution in [2.24, 2.45) is 4.40 Å². The first kappa shape index (κ1) is 27.2. The van der Waals surface area contributed by atoms with Crippen LogP contribution in [0.4, 0.5) is 22.0 Å². The van der Waals surface area contributed by atoms with Crippen LogP contribution in [0.15, 0.2) is 28.7 Å². The van der Waals surface area contributed by atoms with Gasteiger partial charge >= 0.3 is 12.1 Å². The molecule has 1 amide bonds. The van der Waals surface area contributed by atoms with Gasteiger partial charge < -0.3 is 9.64 Å². The van der Waals surface area contributed by atoms with Gasteiger partial charge in [0.1, 0.15) is 22.4 Å². The molecule has 0 saturated carbocycles. The molecular formula is C22H29F5N2O3S. The smallest absolute Gasteiger partial charge is 0.389 e. The van der Waals surface area contributed by atoms with Gasteiger partial charge in [0.15, 0.2) is 0 Å². The van der Waals surface area contributed by atoms with Gasteiger partial charge in [-0.3, -0.25) is 4.79 Å². The molecule has 11 heteroatoms. The highest BCUT2D eigenvalue weighted by Gasteiger charge is 2.48. The minimum Gasteiger partial charge on any atom is -0.494 e. The van der Waals surface area contributed by atoms with Crippen LogP contribution in [0.1, 0.15) is 58.4 Å². The Morgan fingerprint density at radius 2 is 1.61 bits per heavy atom. The van der Waals surface area contributed by atoms with Gasteiger partial charge in [-0.1, -0.05) is 0 Å². The number of halogens is 5. The zero-order chi connectivity index (χ0) is 24.9. The molecule has 1 aromatic rings. The molecule has 1 fully saturated rings. The number of likely N-dealkylation sites (tertiary alicyclic amines) is 1. The average molecular weight is 497 g/mol. The summed E-state index contributed by atoms with van der Waals surface area (Å²) in [5, 5.41) is 0. The van der Waals surface area contributed by atoms with Gasteiger partial charge in [0.25, 0.3) is 5.91 Å². The van der Waals surface area contributed by atoms with E-state index in [0.717, 1.165) is 11.3 Å². The van der Waals surface area contributed by atoms with Crippen LogP contribution in [-0.4, -0.2) is 57.3 Å². The van der Waals surface area contributed by atoms with Crippen LogP contribution in [0.25, 0.3) is 0 Å². The van der Waals surface area contributed by atoms with E-state index in [9.17, 15) is 22.2 Å². The Bertz CT molecular complexity index is 858. The lowest BCUT2D eigenvalue weighted by atomic mass is 10.0. The molecule has 0 radical (unpaired) electrons. The molecule has 1 aliphatic heterocycles. The maximum absolute atomic E-state index is 15.4. The Morgan fingerprint density at radius 1 is 1.03 bits per heavy atom. The van der Waals surface area contributed by atoms with Crippen LogP contribution in [-0.2, 0) is 15.8 Å². The predicted octanol–water partition coefficient (Wildman–Crippen LogP) is 5.31. The van der Waals surface area contributed by atoms with Gasteiger partial charge in [-0.2, -0.15) is 26.3 Å². The molecule has 186 valence electrons. The summed E-state index contributed by atoms with van der Waals surface area (Å²) in [7, 11) is -2.06. The Labute approximate surface area is 193 Å². The highest BCUT2D eigenvalue weighted by Crippen LogP contribution is 2.29. The summed E-state index contributed by atoms with van der Waals surface area (Å²) in [5.41, 5.74) is -1.03. The third kappa shape index (κ3) is 8.04. The van der Waals surface area contributed by atoms with Gasteiger partial charge in [-0.15, -0.1) is 0 Å². The molecule has 2 rings (SSSR count). The molecule has 1 aliphatic rings. The first-order valence-corrected chi connectivity index (χ1v) is 11.8. The van der Waals surface area contributed by atoms with Crippen LogP contribution < -0.4 is 4.74 Å². The van der Waals surface area contributed by atoms with Crippen molar-refractivity contribution in [3.05, 3.63) is 29.8 Å². The van der Waals surface area contributed by atoms with E-state index in [4.69, 9.17) is 4.74 Å². The zero-order valence-corrected chi connectivity index (χ0v) is 19.7. The second-order valence-electron chi connectivity index (χ2n) is 8.82. The molecule has 5 nitrogen and oxygen atoms in total. The SMILES string of the molecule is CC(C)(C)S(=O)/N=C(\c1ccc(OCCCC(F)(F)F)cc1)C(F)(F)C(=O)N1CCCCC1. The molecule has 1 atom stereocenters. The molecule has 1 saturated heterocycles. The largest absolute Gasteiger partial charge is 0.494 e. The summed E-state index contributed by atoms with van der Waals surface area (Å²) in [5.74, 6) is -5.21. The number of piperidine rings is 1. The molecule has 33 heavy (non-hydrogen) atoms. The lowest BCUT2D eigenvalue weighted by Crippen LogP contribution is -2.50. The number of hydrogen-bond acceptors (Lipinski definition) is 3. The molecule has 0 N–H and O–H groups in total. The van der Waals surface area contributed by atoms with Crippen molar-refractivity contribution in [2.75, 3.05) is 19.7 Å². The van der Waals surface area contributed by atoms with E-state index in [1.807, 2.05) is 0 Å². The Hall–Kier alpha value is -2.04. The van der Waals surface area contributed by atoms with E-state index < -0.39 is 45.9 Å². The Balaban J connectivity index is 2.28. The molecule has 1 unspecified atom stereocenters. The number of carbonyl (C=O) groups excluding carboxylic acids is 1. The van der Waals surface area contributed by atoms with Crippen molar-refractivity contribution >= 4 is 22.6 Å². The summed E-state index contributed by atoms with van der Waals surface area (Å²) in [6.45, 7) is 4.97. The lowest BCUT2D eigenvalue weighted by Gasteiger charge is -2.30. The number of carbonyl (C=O) groups is 1. The second-order valence-corrected chi connectivity index (χ2v) is 10.7. The Morgan fingerprint density at radius 3 is 2.12 bits per heavy atom. The topological polar surface area (TPSA) is 59.0 Å². The molecule has 1 aromatic carbocycles. The molecular weight excluding hydrogens is 467 g/mol. The number of ether oxygens (including phenoxy) is 1. The minimum atomic E-state index is -4.28. The van der Waals surface area contributed by atoms with E-state index in [1.54, 1.807) is 20.8 Å². The number of hydrogen-bond donors (Lipinski definition) is 0. The van der Waals surface area contributed by atoms with E-state index in [2.05, 4.69) is 4.40 Å².